The van der Waals surface area contributed by atoms with Gasteiger partial charge in [-0.15, -0.1) is 0 Å². The third-order valence-electron chi connectivity index (χ3n) is 3.99. The van der Waals surface area contributed by atoms with Crippen LogP contribution in [0.4, 0.5) is 27.8 Å². The second-order valence-electron chi connectivity index (χ2n) is 5.66. The van der Waals surface area contributed by atoms with Crippen molar-refractivity contribution in [3.05, 3.63) is 53.5 Å². The van der Waals surface area contributed by atoms with Gasteiger partial charge in [-0.1, -0.05) is 0 Å². The summed E-state index contributed by atoms with van der Waals surface area (Å²) >= 11 is 0. The van der Waals surface area contributed by atoms with Crippen LogP contribution in [-0.4, -0.2) is 47.0 Å². The minimum absolute atomic E-state index is 0.0939. The molecule has 0 unspecified atom stereocenters. The number of benzene rings is 1. The molecule has 1 aliphatic heterocycles. The summed E-state index contributed by atoms with van der Waals surface area (Å²) in [6.45, 7) is 0.689. The molecule has 1 fully saturated rings. The van der Waals surface area contributed by atoms with Gasteiger partial charge >= 0.3 is 6.18 Å². The number of carbonyl (C=O) groups is 1. The standard InChI is InChI=1S/C16H13F5N4O/c17-10-1-2-12(18)11(7-10)15(26)25-5-3-24(4-6-25)14-8-13(16(19,20)21)22-9-23-14/h1-2,7-9H,3-6H2. The van der Waals surface area contributed by atoms with Crippen LogP contribution >= 0.6 is 0 Å². The van der Waals surface area contributed by atoms with Gasteiger partial charge in [-0.25, -0.2) is 18.7 Å². The monoisotopic (exact) mass is 372 g/mol. The number of aromatic nitrogens is 2. The highest BCUT2D eigenvalue weighted by Gasteiger charge is 2.33. The van der Waals surface area contributed by atoms with Crippen LogP contribution in [0.2, 0.25) is 0 Å². The van der Waals surface area contributed by atoms with Crippen LogP contribution in [-0.2, 0) is 6.18 Å². The summed E-state index contributed by atoms with van der Waals surface area (Å²) in [5, 5.41) is 0. The Labute approximate surface area is 145 Å². The Morgan fingerprint density at radius 1 is 1.00 bits per heavy atom. The van der Waals surface area contributed by atoms with Gasteiger partial charge in [-0.2, -0.15) is 13.2 Å². The van der Waals surface area contributed by atoms with Gasteiger partial charge in [0.15, 0.2) is 0 Å². The maximum absolute atomic E-state index is 13.7. The van der Waals surface area contributed by atoms with Crippen molar-refractivity contribution in [1.29, 1.82) is 0 Å². The smallest absolute Gasteiger partial charge is 0.353 e. The molecule has 0 atom stereocenters. The van der Waals surface area contributed by atoms with E-state index in [0.717, 1.165) is 30.6 Å². The number of piperazine rings is 1. The first kappa shape index (κ1) is 18.0. The molecule has 0 aliphatic carbocycles. The van der Waals surface area contributed by atoms with E-state index in [0.29, 0.717) is 0 Å². The van der Waals surface area contributed by atoms with Crippen molar-refractivity contribution < 1.29 is 26.7 Å². The number of carbonyl (C=O) groups excluding carboxylic acids is 1. The van der Waals surface area contributed by atoms with E-state index in [2.05, 4.69) is 9.97 Å². The molecule has 2 aromatic rings. The Morgan fingerprint density at radius 2 is 1.69 bits per heavy atom. The zero-order valence-electron chi connectivity index (χ0n) is 13.3. The maximum atomic E-state index is 13.7. The molecule has 0 saturated carbocycles. The Morgan fingerprint density at radius 3 is 2.35 bits per heavy atom. The fourth-order valence-corrected chi connectivity index (χ4v) is 2.65. The zero-order chi connectivity index (χ0) is 18.9. The predicted molar refractivity (Wildman–Crippen MR) is 81.5 cm³/mol. The second-order valence-corrected chi connectivity index (χ2v) is 5.66. The highest BCUT2D eigenvalue weighted by atomic mass is 19.4. The van der Waals surface area contributed by atoms with Crippen LogP contribution < -0.4 is 4.90 Å². The molecule has 1 aliphatic rings. The van der Waals surface area contributed by atoms with E-state index < -0.39 is 29.4 Å². The quantitative estimate of drug-likeness (QED) is 0.761. The summed E-state index contributed by atoms with van der Waals surface area (Å²) in [6, 6.07) is 3.45. The molecular weight excluding hydrogens is 359 g/mol. The molecule has 1 aromatic heterocycles. The summed E-state index contributed by atoms with van der Waals surface area (Å²) in [6.07, 6.45) is -3.75. The van der Waals surface area contributed by atoms with Crippen LogP contribution in [0, 0.1) is 11.6 Å². The molecule has 3 rings (SSSR count). The van der Waals surface area contributed by atoms with Gasteiger partial charge in [0.25, 0.3) is 5.91 Å². The number of amides is 1. The SMILES string of the molecule is O=C(c1cc(F)ccc1F)N1CCN(c2cc(C(F)(F)F)ncn2)CC1. The fourth-order valence-electron chi connectivity index (χ4n) is 2.65. The molecule has 1 amide bonds. The van der Waals surface area contributed by atoms with Crippen LogP contribution in [0.25, 0.3) is 0 Å². The average molecular weight is 372 g/mol. The van der Waals surface area contributed by atoms with Crippen LogP contribution in [0.15, 0.2) is 30.6 Å². The molecule has 0 radical (unpaired) electrons. The number of hydrogen-bond acceptors (Lipinski definition) is 4. The second kappa shape index (κ2) is 6.85. The van der Waals surface area contributed by atoms with Gasteiger partial charge in [-0.05, 0) is 18.2 Å². The molecule has 2 heterocycles. The minimum atomic E-state index is -4.58. The number of nitrogens with zero attached hydrogens (tertiary/aromatic N) is 4. The number of halogens is 5. The summed E-state index contributed by atoms with van der Waals surface area (Å²) in [7, 11) is 0. The van der Waals surface area contributed by atoms with Crippen molar-refractivity contribution in [3.8, 4) is 0 Å². The van der Waals surface area contributed by atoms with Crippen molar-refractivity contribution in [2.75, 3.05) is 31.1 Å². The van der Waals surface area contributed by atoms with E-state index in [1.54, 1.807) is 4.90 Å². The van der Waals surface area contributed by atoms with Gasteiger partial charge in [0, 0.05) is 32.2 Å². The molecule has 1 saturated heterocycles. The fraction of sp³-hybridized carbons (Fsp3) is 0.312. The lowest BCUT2D eigenvalue weighted by Gasteiger charge is -2.35. The number of anilines is 1. The minimum Gasteiger partial charge on any atom is -0.353 e. The molecule has 5 nitrogen and oxygen atoms in total. The molecular formula is C16H13F5N4O. The zero-order valence-corrected chi connectivity index (χ0v) is 13.3. The van der Waals surface area contributed by atoms with Crippen LogP contribution in [0.5, 0.6) is 0 Å². The van der Waals surface area contributed by atoms with Gasteiger partial charge in [-0.3, -0.25) is 4.79 Å². The lowest BCUT2D eigenvalue weighted by molar-refractivity contribution is -0.141. The van der Waals surface area contributed by atoms with Crippen molar-refractivity contribution in [2.45, 2.75) is 6.18 Å². The maximum Gasteiger partial charge on any atom is 0.433 e. The third kappa shape index (κ3) is 3.73. The number of rotatable bonds is 2. The Bertz CT molecular complexity index is 819. The van der Waals surface area contributed by atoms with E-state index in [9.17, 15) is 26.7 Å². The van der Waals surface area contributed by atoms with E-state index >= 15 is 0 Å². The Kier molecular flexibility index (Phi) is 4.75. The number of alkyl halides is 3. The molecule has 138 valence electrons. The van der Waals surface area contributed by atoms with E-state index in [4.69, 9.17) is 0 Å². The Hall–Kier alpha value is -2.78. The summed E-state index contributed by atoms with van der Waals surface area (Å²) in [5.74, 6) is -2.13. The van der Waals surface area contributed by atoms with Gasteiger partial charge in [0.1, 0.15) is 29.5 Å². The predicted octanol–water partition coefficient (Wildman–Crippen LogP) is 2.74. The molecule has 1 aromatic carbocycles. The first-order valence-corrected chi connectivity index (χ1v) is 7.64. The molecule has 26 heavy (non-hydrogen) atoms. The van der Waals surface area contributed by atoms with Crippen LogP contribution in [0.1, 0.15) is 16.1 Å². The molecule has 0 bridgehead atoms. The van der Waals surface area contributed by atoms with Gasteiger partial charge in [0.2, 0.25) is 0 Å². The van der Waals surface area contributed by atoms with Crippen LogP contribution in [0.3, 0.4) is 0 Å². The third-order valence-corrected chi connectivity index (χ3v) is 3.99. The van der Waals surface area contributed by atoms with Crippen molar-refractivity contribution in [1.82, 2.24) is 14.9 Å². The van der Waals surface area contributed by atoms with Crippen molar-refractivity contribution in [2.24, 2.45) is 0 Å². The Balaban J connectivity index is 1.70. The van der Waals surface area contributed by atoms with Crippen molar-refractivity contribution >= 4 is 11.7 Å². The molecule has 0 N–H and O–H groups in total. The van der Waals surface area contributed by atoms with E-state index in [1.165, 1.54) is 4.90 Å². The summed E-state index contributed by atoms with van der Waals surface area (Å²) in [5.41, 5.74) is -1.43. The normalized spacial score (nSPS) is 15.3. The molecule has 0 spiro atoms. The highest BCUT2D eigenvalue weighted by molar-refractivity contribution is 5.94. The van der Waals surface area contributed by atoms with Gasteiger partial charge < -0.3 is 9.80 Å². The topological polar surface area (TPSA) is 49.3 Å². The van der Waals surface area contributed by atoms with Crippen molar-refractivity contribution in [3.63, 3.8) is 0 Å². The number of hydrogen-bond donors (Lipinski definition) is 0. The van der Waals surface area contributed by atoms with E-state index in [-0.39, 0.29) is 37.6 Å². The summed E-state index contributed by atoms with van der Waals surface area (Å²) in [4.78, 5) is 22.3. The molecule has 10 heteroatoms. The summed E-state index contributed by atoms with van der Waals surface area (Å²) < 4.78 is 65.2. The average Bonchev–Trinajstić information content (AvgIpc) is 2.63. The lowest BCUT2D eigenvalue weighted by Crippen LogP contribution is -2.49. The highest BCUT2D eigenvalue weighted by Crippen LogP contribution is 2.29. The van der Waals surface area contributed by atoms with E-state index in [1.807, 2.05) is 0 Å². The first-order chi connectivity index (χ1) is 12.3. The largest absolute Gasteiger partial charge is 0.433 e. The lowest BCUT2D eigenvalue weighted by atomic mass is 10.1. The first-order valence-electron chi connectivity index (χ1n) is 7.64. The van der Waals surface area contributed by atoms with Gasteiger partial charge in [0.05, 0.1) is 5.56 Å².